The molecule has 2 heterocycles. The Labute approximate surface area is 555 Å². The maximum Gasteiger partial charge on any atom is 1.00 e. The SMILES string of the molecule is CN(CC(O)CO)c1nc(NCCS(=O)(=O)[O-])nc(Nc2ccc(/C=C/c3ccc(Nc4nc(NCCS(=O)(=O)[O-])nc(NCC(O)CO)n4)cc3S(=O)(=O)[O-])c(S(=O)(=O)[O-])c2)n1.[K+].[K+].[K+].[K+]. The fourth-order valence-corrected chi connectivity index (χ4v) is 7.03. The Morgan fingerprint density at radius 3 is 1.36 bits per heavy atom. The van der Waals surface area contributed by atoms with Gasteiger partial charge >= 0.3 is 206 Å². The van der Waals surface area contributed by atoms with Crippen LogP contribution in [0.5, 0.6) is 0 Å². The number of rotatable bonds is 24. The van der Waals surface area contributed by atoms with Crippen molar-refractivity contribution in [1.82, 2.24) is 29.9 Å². The summed E-state index contributed by atoms with van der Waals surface area (Å²) in [5.74, 6) is -3.25. The van der Waals surface area contributed by atoms with Crippen LogP contribution in [-0.4, -0.2) is 172 Å². The third-order valence-corrected chi connectivity index (χ3v) is 11.0. The van der Waals surface area contributed by atoms with Gasteiger partial charge in [-0.25, -0.2) is 33.7 Å². The Morgan fingerprint density at radius 2 is 0.955 bits per heavy atom. The summed E-state index contributed by atoms with van der Waals surface area (Å²) >= 11 is 0. The molecule has 0 bridgehead atoms. The Balaban J connectivity index is 0.0000109. The molecule has 2 aromatic carbocycles. The number of nitrogens with zero attached hydrogens (tertiary/aromatic N) is 7. The van der Waals surface area contributed by atoms with E-state index in [1.807, 2.05) is 0 Å². The van der Waals surface area contributed by atoms with Crippen molar-refractivity contribution in [2.75, 3.05) is 89.4 Å². The number of hydrogen-bond donors (Lipinski definition) is 9. The van der Waals surface area contributed by atoms with E-state index in [1.54, 1.807) is 0 Å². The first-order valence-corrected chi connectivity index (χ1v) is 23.6. The zero-order chi connectivity index (χ0) is 46.8. The van der Waals surface area contributed by atoms with E-state index in [4.69, 9.17) is 5.11 Å². The molecule has 0 aliphatic carbocycles. The van der Waals surface area contributed by atoms with Crippen molar-refractivity contribution in [2.24, 2.45) is 0 Å². The second kappa shape index (κ2) is 31.0. The normalized spacial score (nSPS) is 12.6. The van der Waals surface area contributed by atoms with E-state index in [-0.39, 0.29) is 277 Å². The van der Waals surface area contributed by atoms with Gasteiger partial charge in [0, 0.05) is 44.6 Å². The van der Waals surface area contributed by atoms with Crippen LogP contribution in [0.25, 0.3) is 12.2 Å². The van der Waals surface area contributed by atoms with Crippen LogP contribution in [-0.2, 0) is 40.5 Å². The maximum atomic E-state index is 12.4. The molecule has 67 heavy (non-hydrogen) atoms. The van der Waals surface area contributed by atoms with Crippen molar-refractivity contribution in [3.63, 3.8) is 0 Å². The van der Waals surface area contributed by atoms with Gasteiger partial charge in [-0.2, -0.15) is 29.9 Å². The Morgan fingerprint density at radius 1 is 0.582 bits per heavy atom. The van der Waals surface area contributed by atoms with E-state index in [2.05, 4.69) is 56.5 Å². The van der Waals surface area contributed by atoms with Gasteiger partial charge in [-0.3, -0.25) is 0 Å². The fourth-order valence-electron chi connectivity index (χ4n) is 4.94. The van der Waals surface area contributed by atoms with Gasteiger partial charge in [-0.1, -0.05) is 24.3 Å². The van der Waals surface area contributed by atoms with Crippen LogP contribution in [0.4, 0.5) is 47.1 Å². The summed E-state index contributed by atoms with van der Waals surface area (Å²) in [4.78, 5) is 23.9. The van der Waals surface area contributed by atoms with E-state index in [9.17, 15) is 67.2 Å². The molecule has 4 aromatic rings. The van der Waals surface area contributed by atoms with Crippen LogP contribution in [0.15, 0.2) is 46.2 Å². The molecule has 4 rings (SSSR count). The standard InChI is InChI=1S/C31H42N12O16S4.4K/c1-43(15-23(47)17-45)31-41-27(33-9-11-61(51,52)53)39-30(42-31)36-21-7-5-19(25(13-21)63(57,58)59)3-2-18-4-6-20(12-24(18)62(54,55)56)35-29-38-26(32-8-10-60(48,49)50)37-28(40-29)34-14-22(46)16-44;;;;/h2-7,12-13,22-23,44-47H,8-11,14-17H2,1H3,(H,48,49,50)(H,51,52,53)(H,54,55,56)(H,57,58,59)(H2,33,36,39,41,42)(H3,32,34,35,37,38,40);;;;/q;4*+1/p-4/b3-2+;;;;. The molecule has 0 saturated heterocycles. The summed E-state index contributed by atoms with van der Waals surface area (Å²) < 4.78 is 141. The molecule has 2 aromatic heterocycles. The number of nitrogens with one attached hydrogen (secondary N) is 5. The number of hydrogen-bond acceptors (Lipinski definition) is 28. The number of benzene rings is 2. The molecule has 0 amide bonds. The van der Waals surface area contributed by atoms with Crippen LogP contribution >= 0.6 is 0 Å². The summed E-state index contributed by atoms with van der Waals surface area (Å²) in [6.45, 7) is -2.57. The summed E-state index contributed by atoms with van der Waals surface area (Å²) in [5, 5.41) is 50.8. The van der Waals surface area contributed by atoms with Gasteiger partial charge in [-0.15, -0.1) is 0 Å². The monoisotopic (exact) mass is 1120 g/mol. The molecule has 2 unspecified atom stereocenters. The zero-order valence-corrected chi connectivity index (χ0v) is 52.1. The molecule has 28 nitrogen and oxygen atoms in total. The average Bonchev–Trinajstić information content (AvgIpc) is 3.17. The van der Waals surface area contributed by atoms with Gasteiger partial charge in [0.05, 0.1) is 67.0 Å². The largest absolute Gasteiger partial charge is 1.00 e. The van der Waals surface area contributed by atoms with Crippen LogP contribution in [0.1, 0.15) is 11.1 Å². The fraction of sp³-hybridized carbons (Fsp3) is 0.355. The smallest absolute Gasteiger partial charge is 0.748 e. The number of anilines is 8. The van der Waals surface area contributed by atoms with Gasteiger partial charge in [0.15, 0.2) is 0 Å². The minimum absolute atomic E-state index is 0. The summed E-state index contributed by atoms with van der Waals surface area (Å²) in [6, 6.07) is 6.54. The maximum absolute atomic E-state index is 12.4. The molecular weight excluding hydrogens is 1080 g/mol. The number of aliphatic hydroxyl groups is 4. The van der Waals surface area contributed by atoms with E-state index in [0.717, 1.165) is 36.4 Å². The first-order valence-electron chi connectivity index (χ1n) is 17.6. The molecule has 346 valence electrons. The number of aliphatic hydroxyl groups excluding tert-OH is 4. The van der Waals surface area contributed by atoms with Crippen LogP contribution < -0.4 is 237 Å². The number of aromatic nitrogens is 6. The molecule has 0 fully saturated rings. The first-order chi connectivity index (χ1) is 29.3. The molecule has 0 spiro atoms. The summed E-state index contributed by atoms with van der Waals surface area (Å²) in [5.41, 5.74) is -0.754. The minimum Gasteiger partial charge on any atom is -0.748 e. The molecule has 9 N–H and O–H groups in total. The third kappa shape index (κ3) is 24.7. The average molecular weight is 1120 g/mol. The van der Waals surface area contributed by atoms with Crippen molar-refractivity contribution in [3.8, 4) is 0 Å². The van der Waals surface area contributed by atoms with Gasteiger partial charge in [0.1, 0.15) is 20.2 Å². The topological polar surface area (TPSA) is 450 Å². The van der Waals surface area contributed by atoms with Crippen molar-refractivity contribution in [1.29, 1.82) is 0 Å². The Kier molecular flexibility index (Phi) is 31.5. The van der Waals surface area contributed by atoms with Crippen molar-refractivity contribution in [3.05, 3.63) is 47.5 Å². The van der Waals surface area contributed by atoms with Crippen LogP contribution in [0.3, 0.4) is 0 Å². The second-order valence-corrected chi connectivity index (χ2v) is 18.6. The van der Waals surface area contributed by atoms with Crippen molar-refractivity contribution >= 4 is 99.7 Å². The zero-order valence-electron chi connectivity index (χ0n) is 36.4. The van der Waals surface area contributed by atoms with Crippen molar-refractivity contribution < 1.29 is 278 Å². The predicted molar refractivity (Wildman–Crippen MR) is 218 cm³/mol. The molecule has 0 saturated carbocycles. The molecule has 2 atom stereocenters. The molecule has 0 aliphatic rings. The van der Waals surface area contributed by atoms with E-state index < -0.39 is 100 Å². The summed E-state index contributed by atoms with van der Waals surface area (Å²) in [6.07, 6.45) is -0.422. The minimum atomic E-state index is -5.28. The van der Waals surface area contributed by atoms with Crippen LogP contribution in [0.2, 0.25) is 0 Å². The van der Waals surface area contributed by atoms with Crippen molar-refractivity contribution in [2.45, 2.75) is 22.0 Å². The molecule has 0 radical (unpaired) electrons. The predicted octanol–water partition coefficient (Wildman–Crippen LogP) is -15.0. The second-order valence-electron chi connectivity index (χ2n) is 12.9. The molecule has 36 heteroatoms. The third-order valence-electron chi connectivity index (χ3n) is 7.79. The Hall–Kier alpha value is 1.03. The Bertz CT molecular complexity index is 2750. The van der Waals surface area contributed by atoms with Gasteiger partial charge < -0.3 is 70.1 Å². The molecular formula is C31H38K4N12O16S4. The summed E-state index contributed by atoms with van der Waals surface area (Å²) in [7, 11) is -18.4. The number of likely N-dealkylation sites (N-methyl/N-ethyl adjacent to an activating group) is 1. The van der Waals surface area contributed by atoms with Crippen LogP contribution in [0, 0.1) is 0 Å². The van der Waals surface area contributed by atoms with E-state index >= 15 is 0 Å². The van der Waals surface area contributed by atoms with Gasteiger partial charge in [-0.05, 0) is 35.4 Å². The van der Waals surface area contributed by atoms with E-state index in [1.165, 1.54) is 24.1 Å². The first kappa shape index (κ1) is 68.0. The van der Waals surface area contributed by atoms with E-state index in [0.29, 0.717) is 0 Å². The molecule has 0 aliphatic heterocycles. The van der Waals surface area contributed by atoms with Gasteiger partial charge in [0.2, 0.25) is 35.7 Å². The van der Waals surface area contributed by atoms with Gasteiger partial charge in [0.25, 0.3) is 0 Å². The quantitative estimate of drug-likeness (QED) is 0.0179.